The van der Waals surface area contributed by atoms with Crippen LogP contribution in [0.4, 0.5) is 5.69 Å². The summed E-state index contributed by atoms with van der Waals surface area (Å²) in [5.74, 6) is -0.530. The number of nitrogens with one attached hydrogen (secondary N) is 2. The number of unbranched alkanes of at least 4 members (excludes halogenated alkanes) is 2. The molecule has 10 nitrogen and oxygen atoms in total. The standard InChI is InChI=1S/C29H44N6O4/c1-2-3-7-20-39-24-13-11-23(12-14-24)33-29(38)26(15-10-22-8-5-4-6-9-22)34-28(37)25(32)21-27(36)35(18-16-30)19-17-31/h4-6,8-9,11-14,25-26H,2-3,7,10,15-21,30-32H2,1H3,(H,33,38)(H,34,37). The van der Waals surface area contributed by atoms with Gasteiger partial charge in [0.25, 0.3) is 0 Å². The van der Waals surface area contributed by atoms with Crippen LogP contribution in [0.1, 0.15) is 44.6 Å². The Morgan fingerprint density at radius 1 is 0.923 bits per heavy atom. The van der Waals surface area contributed by atoms with E-state index in [9.17, 15) is 14.4 Å². The summed E-state index contributed by atoms with van der Waals surface area (Å²) in [5, 5.41) is 5.61. The summed E-state index contributed by atoms with van der Waals surface area (Å²) in [6.07, 6.45) is 3.94. The lowest BCUT2D eigenvalue weighted by molar-refractivity contribution is -0.134. The van der Waals surface area contributed by atoms with Gasteiger partial charge in [0.05, 0.1) is 19.1 Å². The van der Waals surface area contributed by atoms with Gasteiger partial charge in [0.2, 0.25) is 17.7 Å². The molecule has 2 rings (SSSR count). The highest BCUT2D eigenvalue weighted by Crippen LogP contribution is 2.17. The van der Waals surface area contributed by atoms with Crippen LogP contribution in [-0.2, 0) is 20.8 Å². The van der Waals surface area contributed by atoms with Gasteiger partial charge in [-0.25, -0.2) is 0 Å². The topological polar surface area (TPSA) is 166 Å². The highest BCUT2D eigenvalue weighted by molar-refractivity contribution is 5.98. The van der Waals surface area contributed by atoms with Crippen molar-refractivity contribution in [2.75, 3.05) is 38.1 Å². The zero-order chi connectivity index (χ0) is 28.5. The molecule has 0 spiro atoms. The van der Waals surface area contributed by atoms with Crippen molar-refractivity contribution in [2.24, 2.45) is 17.2 Å². The van der Waals surface area contributed by atoms with Crippen LogP contribution >= 0.6 is 0 Å². The number of nitrogens with two attached hydrogens (primary N) is 3. The minimum Gasteiger partial charge on any atom is -0.494 e. The van der Waals surface area contributed by atoms with Crippen LogP contribution in [0.5, 0.6) is 5.75 Å². The van der Waals surface area contributed by atoms with Crippen molar-refractivity contribution in [3.63, 3.8) is 0 Å². The van der Waals surface area contributed by atoms with E-state index in [1.54, 1.807) is 24.3 Å². The van der Waals surface area contributed by atoms with Gasteiger partial charge >= 0.3 is 0 Å². The van der Waals surface area contributed by atoms with E-state index in [1.165, 1.54) is 4.90 Å². The fourth-order valence-electron chi connectivity index (χ4n) is 3.99. The van der Waals surface area contributed by atoms with Gasteiger partial charge in [0.1, 0.15) is 11.8 Å². The molecule has 214 valence electrons. The number of amides is 3. The maximum absolute atomic E-state index is 13.2. The van der Waals surface area contributed by atoms with E-state index in [4.69, 9.17) is 21.9 Å². The van der Waals surface area contributed by atoms with E-state index in [2.05, 4.69) is 17.6 Å². The molecular weight excluding hydrogens is 496 g/mol. The third kappa shape index (κ3) is 11.8. The first kappa shape index (κ1) is 31.7. The van der Waals surface area contributed by atoms with Gasteiger partial charge in [0, 0.05) is 31.9 Å². The molecule has 0 fully saturated rings. The lowest BCUT2D eigenvalue weighted by Crippen LogP contribution is -2.52. The number of nitrogens with zero attached hydrogens (tertiary/aromatic N) is 1. The number of benzene rings is 2. The normalized spacial score (nSPS) is 12.3. The first-order chi connectivity index (χ1) is 18.9. The van der Waals surface area contributed by atoms with E-state index in [0.717, 1.165) is 30.6 Å². The van der Waals surface area contributed by atoms with Crippen molar-refractivity contribution < 1.29 is 19.1 Å². The van der Waals surface area contributed by atoms with Gasteiger partial charge in [0.15, 0.2) is 0 Å². The lowest BCUT2D eigenvalue weighted by atomic mass is 10.0. The number of hydrogen-bond donors (Lipinski definition) is 5. The van der Waals surface area contributed by atoms with Gasteiger partial charge in [-0.1, -0.05) is 50.1 Å². The summed E-state index contributed by atoms with van der Waals surface area (Å²) < 4.78 is 5.73. The second-order valence-electron chi connectivity index (χ2n) is 9.42. The fourth-order valence-corrected chi connectivity index (χ4v) is 3.99. The molecule has 2 atom stereocenters. The summed E-state index contributed by atoms with van der Waals surface area (Å²) >= 11 is 0. The van der Waals surface area contributed by atoms with Crippen LogP contribution in [0.25, 0.3) is 0 Å². The largest absolute Gasteiger partial charge is 0.494 e. The van der Waals surface area contributed by atoms with E-state index in [-0.39, 0.29) is 31.3 Å². The maximum Gasteiger partial charge on any atom is 0.246 e. The van der Waals surface area contributed by atoms with Gasteiger partial charge < -0.3 is 37.5 Å². The number of carbonyl (C=O) groups is 3. The molecule has 39 heavy (non-hydrogen) atoms. The minimum atomic E-state index is -1.12. The summed E-state index contributed by atoms with van der Waals surface area (Å²) in [6, 6.07) is 14.8. The molecule has 0 aliphatic rings. The summed E-state index contributed by atoms with van der Waals surface area (Å²) in [6.45, 7) is 4.00. The van der Waals surface area contributed by atoms with Gasteiger partial charge in [-0.15, -0.1) is 0 Å². The summed E-state index contributed by atoms with van der Waals surface area (Å²) in [7, 11) is 0. The molecule has 10 heteroatoms. The molecule has 0 aromatic heterocycles. The van der Waals surface area contributed by atoms with Gasteiger partial charge in [-0.3, -0.25) is 14.4 Å². The van der Waals surface area contributed by atoms with E-state index in [0.29, 0.717) is 38.2 Å². The Morgan fingerprint density at radius 3 is 2.21 bits per heavy atom. The number of rotatable bonds is 18. The number of hydrogen-bond acceptors (Lipinski definition) is 7. The highest BCUT2D eigenvalue weighted by atomic mass is 16.5. The first-order valence-corrected chi connectivity index (χ1v) is 13.7. The second-order valence-corrected chi connectivity index (χ2v) is 9.42. The fraction of sp³-hybridized carbons (Fsp3) is 0.483. The van der Waals surface area contributed by atoms with Crippen LogP contribution in [0.2, 0.25) is 0 Å². The van der Waals surface area contributed by atoms with Crippen molar-refractivity contribution in [1.82, 2.24) is 10.2 Å². The Balaban J connectivity index is 2.03. The molecule has 0 saturated carbocycles. The Bertz CT molecular complexity index is 997. The molecular formula is C29H44N6O4. The molecule has 3 amide bonds. The molecule has 0 aliphatic heterocycles. The van der Waals surface area contributed by atoms with Crippen LogP contribution in [-0.4, -0.2) is 67.5 Å². The first-order valence-electron chi connectivity index (χ1n) is 13.7. The Kier molecular flexibility index (Phi) is 14.6. The minimum absolute atomic E-state index is 0.210. The molecule has 2 unspecified atom stereocenters. The highest BCUT2D eigenvalue weighted by Gasteiger charge is 2.26. The molecule has 0 bridgehead atoms. The average molecular weight is 541 g/mol. The van der Waals surface area contributed by atoms with E-state index in [1.807, 2.05) is 30.3 Å². The predicted molar refractivity (Wildman–Crippen MR) is 154 cm³/mol. The van der Waals surface area contributed by atoms with Gasteiger partial charge in [-0.05, 0) is 49.1 Å². The maximum atomic E-state index is 13.2. The Morgan fingerprint density at radius 2 is 1.59 bits per heavy atom. The predicted octanol–water partition coefficient (Wildman–Crippen LogP) is 1.78. The Labute approximate surface area is 231 Å². The lowest BCUT2D eigenvalue weighted by Gasteiger charge is -2.24. The molecule has 2 aromatic rings. The quantitative estimate of drug-likeness (QED) is 0.180. The second kappa shape index (κ2) is 17.9. The Hall–Kier alpha value is -3.47. The number of aryl methyl sites for hydroxylation is 1. The van der Waals surface area contributed by atoms with Crippen LogP contribution in [0, 0.1) is 0 Å². The van der Waals surface area contributed by atoms with Crippen molar-refractivity contribution in [1.29, 1.82) is 0 Å². The van der Waals surface area contributed by atoms with Crippen LogP contribution < -0.4 is 32.6 Å². The summed E-state index contributed by atoms with van der Waals surface area (Å²) in [5.41, 5.74) is 18.8. The molecule has 8 N–H and O–H groups in total. The molecule has 0 saturated heterocycles. The van der Waals surface area contributed by atoms with Crippen LogP contribution in [0.3, 0.4) is 0 Å². The molecule has 0 heterocycles. The van der Waals surface area contributed by atoms with Crippen molar-refractivity contribution >= 4 is 23.4 Å². The van der Waals surface area contributed by atoms with E-state index >= 15 is 0 Å². The summed E-state index contributed by atoms with van der Waals surface area (Å²) in [4.78, 5) is 40.2. The average Bonchev–Trinajstić information content (AvgIpc) is 2.94. The SMILES string of the molecule is CCCCCOc1ccc(NC(=O)C(CCc2ccccc2)NC(=O)C(N)CC(=O)N(CCN)CCN)cc1. The number of anilines is 1. The number of ether oxygens (including phenoxy) is 1. The molecule has 0 radical (unpaired) electrons. The third-order valence-electron chi connectivity index (χ3n) is 6.22. The van der Waals surface area contributed by atoms with Crippen molar-refractivity contribution in [2.45, 2.75) is 57.5 Å². The molecule has 2 aromatic carbocycles. The van der Waals surface area contributed by atoms with Crippen molar-refractivity contribution in [3.8, 4) is 5.75 Å². The van der Waals surface area contributed by atoms with Crippen LogP contribution in [0.15, 0.2) is 54.6 Å². The third-order valence-corrected chi connectivity index (χ3v) is 6.22. The van der Waals surface area contributed by atoms with Crippen molar-refractivity contribution in [3.05, 3.63) is 60.2 Å². The molecule has 0 aliphatic carbocycles. The number of carbonyl (C=O) groups excluding carboxylic acids is 3. The van der Waals surface area contributed by atoms with E-state index < -0.39 is 18.0 Å². The zero-order valence-corrected chi connectivity index (χ0v) is 22.9. The smallest absolute Gasteiger partial charge is 0.246 e. The van der Waals surface area contributed by atoms with Gasteiger partial charge in [-0.2, -0.15) is 0 Å². The zero-order valence-electron chi connectivity index (χ0n) is 22.9. The monoisotopic (exact) mass is 540 g/mol.